The lowest BCUT2D eigenvalue weighted by Crippen LogP contribution is -2.13. The Balaban J connectivity index is 2.19. The smallest absolute Gasteiger partial charge is 0.346 e. The molecule has 2 aromatic carbocycles. The number of aromatic hydroxyl groups is 1. The maximum absolute atomic E-state index is 12.1. The molecule has 1 aromatic heterocycles. The van der Waals surface area contributed by atoms with Gasteiger partial charge in [-0.1, -0.05) is 29.5 Å². The van der Waals surface area contributed by atoms with Gasteiger partial charge in [0.05, 0.1) is 14.2 Å². The van der Waals surface area contributed by atoms with Crippen LogP contribution in [0.2, 0.25) is 0 Å². The van der Waals surface area contributed by atoms with Crippen LogP contribution in [0.15, 0.2) is 47.3 Å². The van der Waals surface area contributed by atoms with E-state index in [1.165, 1.54) is 7.11 Å². The second kappa shape index (κ2) is 6.33. The molecule has 122 valence electrons. The summed E-state index contributed by atoms with van der Waals surface area (Å²) in [5.74, 6) is -0.463. The van der Waals surface area contributed by atoms with Gasteiger partial charge in [-0.3, -0.25) is 4.79 Å². The third-order valence-electron chi connectivity index (χ3n) is 3.67. The van der Waals surface area contributed by atoms with Gasteiger partial charge in [0.2, 0.25) is 0 Å². The van der Waals surface area contributed by atoms with Crippen LogP contribution in [0, 0.1) is 0 Å². The van der Waals surface area contributed by atoms with E-state index in [1.54, 1.807) is 19.2 Å². The number of benzene rings is 2. The van der Waals surface area contributed by atoms with Crippen molar-refractivity contribution in [3.05, 3.63) is 57.6 Å². The van der Waals surface area contributed by atoms with E-state index >= 15 is 0 Å². The first-order chi connectivity index (χ1) is 11.5. The van der Waals surface area contributed by atoms with Crippen LogP contribution in [-0.4, -0.2) is 25.3 Å². The van der Waals surface area contributed by atoms with E-state index in [9.17, 15) is 14.7 Å². The van der Waals surface area contributed by atoms with Gasteiger partial charge in [-0.2, -0.15) is 0 Å². The zero-order valence-corrected chi connectivity index (χ0v) is 13.8. The van der Waals surface area contributed by atoms with Crippen LogP contribution < -0.4 is 9.48 Å². The van der Waals surface area contributed by atoms with Crippen molar-refractivity contribution in [3.8, 4) is 22.6 Å². The van der Waals surface area contributed by atoms with E-state index in [-0.39, 0.29) is 11.3 Å². The van der Waals surface area contributed by atoms with Gasteiger partial charge in [0, 0.05) is 10.1 Å². The highest BCUT2D eigenvalue weighted by Gasteiger charge is 2.20. The first-order valence-corrected chi connectivity index (χ1v) is 7.89. The Kier molecular flexibility index (Phi) is 4.22. The van der Waals surface area contributed by atoms with Gasteiger partial charge < -0.3 is 14.6 Å². The molecule has 0 atom stereocenters. The summed E-state index contributed by atoms with van der Waals surface area (Å²) in [6, 6.07) is 12.8. The molecule has 0 aliphatic carbocycles. The zero-order valence-electron chi connectivity index (χ0n) is 13.0. The van der Waals surface area contributed by atoms with E-state index in [0.717, 1.165) is 28.2 Å². The summed E-state index contributed by atoms with van der Waals surface area (Å²) in [4.78, 5) is 23.8. The Bertz CT molecular complexity index is 990. The van der Waals surface area contributed by atoms with Crippen molar-refractivity contribution >= 4 is 27.4 Å². The number of fused-ring (bicyclic) bond motifs is 1. The molecule has 0 spiro atoms. The summed E-state index contributed by atoms with van der Waals surface area (Å²) < 4.78 is 9.83. The molecule has 1 N–H and O–H groups in total. The van der Waals surface area contributed by atoms with Gasteiger partial charge in [0.25, 0.3) is 4.74 Å². The molecule has 0 fully saturated rings. The van der Waals surface area contributed by atoms with Gasteiger partial charge >= 0.3 is 5.97 Å². The number of hydrogen-bond donors (Lipinski definition) is 1. The maximum Gasteiger partial charge on any atom is 0.346 e. The summed E-state index contributed by atoms with van der Waals surface area (Å²) in [5, 5.41) is 10.7. The highest BCUT2D eigenvalue weighted by atomic mass is 32.1. The fourth-order valence-corrected chi connectivity index (χ4v) is 3.39. The average molecular weight is 342 g/mol. The van der Waals surface area contributed by atoms with E-state index < -0.39 is 10.7 Å². The quantitative estimate of drug-likeness (QED) is 0.738. The molecule has 24 heavy (non-hydrogen) atoms. The highest BCUT2D eigenvalue weighted by Crippen LogP contribution is 2.33. The normalized spacial score (nSPS) is 10.6. The molecule has 3 aromatic rings. The minimum Gasteiger partial charge on any atom is -0.506 e. The third kappa shape index (κ3) is 2.72. The summed E-state index contributed by atoms with van der Waals surface area (Å²) in [6.45, 7) is 0. The van der Waals surface area contributed by atoms with Crippen LogP contribution in [0.1, 0.15) is 10.4 Å². The van der Waals surface area contributed by atoms with Crippen molar-refractivity contribution in [3.63, 3.8) is 0 Å². The molecule has 3 rings (SSSR count). The standard InChI is InChI=1S/C18H14O5S/c1-22-12-5-3-4-10(8-12)11-6-7-13-14(9-11)24-18(21)15(16(13)19)17(20)23-2/h3-9,19H,1-2H3. The Hall–Kier alpha value is -2.86. The first-order valence-electron chi connectivity index (χ1n) is 7.07. The largest absolute Gasteiger partial charge is 0.506 e. The molecular formula is C18H14O5S. The van der Waals surface area contributed by atoms with Gasteiger partial charge in [-0.15, -0.1) is 0 Å². The number of rotatable bonds is 3. The first kappa shape index (κ1) is 16.0. The summed E-state index contributed by atoms with van der Waals surface area (Å²) in [5.41, 5.74) is 1.47. The predicted molar refractivity (Wildman–Crippen MR) is 93.1 cm³/mol. The van der Waals surface area contributed by atoms with Crippen molar-refractivity contribution in [2.24, 2.45) is 0 Å². The highest BCUT2D eigenvalue weighted by molar-refractivity contribution is 7.16. The molecule has 5 nitrogen and oxygen atoms in total. The van der Waals surface area contributed by atoms with Gasteiger partial charge in [0.1, 0.15) is 11.5 Å². The maximum atomic E-state index is 12.1. The molecule has 0 radical (unpaired) electrons. The monoisotopic (exact) mass is 342 g/mol. The Morgan fingerprint density at radius 2 is 1.83 bits per heavy atom. The zero-order chi connectivity index (χ0) is 17.3. The lowest BCUT2D eigenvalue weighted by molar-refractivity contribution is 0.0597. The fourth-order valence-electron chi connectivity index (χ4n) is 2.45. The lowest BCUT2D eigenvalue weighted by atomic mass is 10.0. The molecule has 0 aliphatic rings. The van der Waals surface area contributed by atoms with Gasteiger partial charge in [-0.05, 0) is 35.4 Å². The molecule has 0 saturated heterocycles. The van der Waals surface area contributed by atoms with E-state index in [4.69, 9.17) is 4.74 Å². The number of carbonyl (C=O) groups is 1. The van der Waals surface area contributed by atoms with Crippen LogP contribution in [0.3, 0.4) is 0 Å². The molecule has 0 bridgehead atoms. The Morgan fingerprint density at radius 3 is 2.54 bits per heavy atom. The summed E-state index contributed by atoms with van der Waals surface area (Å²) in [6.07, 6.45) is 0. The second-order valence-electron chi connectivity index (χ2n) is 5.05. The van der Waals surface area contributed by atoms with Crippen molar-refractivity contribution in [2.45, 2.75) is 0 Å². The summed E-state index contributed by atoms with van der Waals surface area (Å²) in [7, 11) is 2.76. The van der Waals surface area contributed by atoms with Crippen molar-refractivity contribution < 1.29 is 19.4 Å². The second-order valence-corrected chi connectivity index (χ2v) is 6.06. The number of ether oxygens (including phenoxy) is 2. The molecule has 0 amide bonds. The van der Waals surface area contributed by atoms with E-state index in [2.05, 4.69) is 4.74 Å². The molecule has 1 heterocycles. The van der Waals surface area contributed by atoms with Gasteiger partial charge in [0.15, 0.2) is 5.56 Å². The minimum absolute atomic E-state index is 0.330. The van der Waals surface area contributed by atoms with E-state index in [1.807, 2.05) is 30.3 Å². The Labute approximate surface area is 141 Å². The summed E-state index contributed by atoms with van der Waals surface area (Å²) >= 11 is 0.897. The topological polar surface area (TPSA) is 72.8 Å². The number of esters is 1. The molecule has 6 heteroatoms. The lowest BCUT2D eigenvalue weighted by Gasteiger charge is -2.08. The minimum atomic E-state index is -0.840. The van der Waals surface area contributed by atoms with E-state index in [0.29, 0.717) is 10.1 Å². The molecule has 0 saturated carbocycles. The van der Waals surface area contributed by atoms with Crippen molar-refractivity contribution in [1.29, 1.82) is 0 Å². The van der Waals surface area contributed by atoms with Gasteiger partial charge in [-0.25, -0.2) is 4.79 Å². The number of carbonyl (C=O) groups excluding carboxylic acids is 1. The van der Waals surface area contributed by atoms with Crippen molar-refractivity contribution in [1.82, 2.24) is 0 Å². The molecule has 0 unspecified atom stereocenters. The fraction of sp³-hybridized carbons (Fsp3) is 0.111. The van der Waals surface area contributed by atoms with Crippen LogP contribution in [0.4, 0.5) is 0 Å². The van der Waals surface area contributed by atoms with Crippen LogP contribution in [0.5, 0.6) is 11.5 Å². The predicted octanol–water partition coefficient (Wildman–Crippen LogP) is 3.43. The third-order valence-corrected chi connectivity index (χ3v) is 4.62. The number of methoxy groups -OCH3 is 2. The van der Waals surface area contributed by atoms with Crippen LogP contribution >= 0.6 is 11.3 Å². The van der Waals surface area contributed by atoms with Crippen LogP contribution in [0.25, 0.3) is 21.2 Å². The molecular weight excluding hydrogens is 328 g/mol. The SMILES string of the molecule is COC(=O)c1c(O)c2ccc(-c3cccc(OC)c3)cc2sc1=O. The Morgan fingerprint density at radius 1 is 1.08 bits per heavy atom. The average Bonchev–Trinajstić information content (AvgIpc) is 2.61. The number of hydrogen-bond acceptors (Lipinski definition) is 6. The molecule has 0 aliphatic heterocycles. The van der Waals surface area contributed by atoms with Crippen LogP contribution in [-0.2, 0) is 4.74 Å². The van der Waals surface area contributed by atoms with Crippen molar-refractivity contribution in [2.75, 3.05) is 14.2 Å².